The minimum absolute atomic E-state index is 0.0881. The maximum Gasteiger partial charge on any atom is 0.329 e. The van der Waals surface area contributed by atoms with Crippen molar-refractivity contribution in [2.75, 3.05) is 29.6 Å². The second-order valence-electron chi connectivity index (χ2n) is 8.82. The Morgan fingerprint density at radius 1 is 1.00 bits per heavy atom. The summed E-state index contributed by atoms with van der Waals surface area (Å²) in [5, 5.41) is 9.39. The van der Waals surface area contributed by atoms with Crippen LogP contribution in [0.3, 0.4) is 0 Å². The average Bonchev–Trinajstić information content (AvgIpc) is 3.56. The Hall–Kier alpha value is -4.25. The number of imide groups is 1. The number of benzene rings is 2. The number of nitrogens with zero attached hydrogens (tertiary/aromatic N) is 5. The van der Waals surface area contributed by atoms with E-state index in [0.717, 1.165) is 27.2 Å². The van der Waals surface area contributed by atoms with Crippen LogP contribution in [0.25, 0.3) is 11.0 Å². The lowest BCUT2D eigenvalue weighted by atomic mass is 10.0. The summed E-state index contributed by atoms with van der Waals surface area (Å²) in [6.45, 7) is 0.509. The van der Waals surface area contributed by atoms with Crippen molar-refractivity contribution in [3.63, 3.8) is 0 Å². The van der Waals surface area contributed by atoms with Crippen LogP contribution in [-0.2, 0) is 16.1 Å². The molecule has 0 spiro atoms. The Bertz CT molecular complexity index is 1400. The second kappa shape index (κ2) is 7.91. The van der Waals surface area contributed by atoms with E-state index in [1.54, 1.807) is 28.3 Å². The number of amides is 5. The number of hydrogen-bond acceptors (Lipinski definition) is 6. The number of urea groups is 1. The lowest BCUT2D eigenvalue weighted by molar-refractivity contribution is -0.156. The fourth-order valence-electron chi connectivity index (χ4n) is 5.12. The number of aromatic nitrogens is 2. The molecule has 1 atom stereocenters. The highest BCUT2D eigenvalue weighted by Crippen LogP contribution is 2.33. The first-order valence-electron chi connectivity index (χ1n) is 11.4. The number of nitrogens with one attached hydrogen (secondary N) is 1. The number of carbonyl (C=O) groups excluding carboxylic acids is 4. The van der Waals surface area contributed by atoms with Gasteiger partial charge in [0.2, 0.25) is 5.91 Å². The summed E-state index contributed by atoms with van der Waals surface area (Å²) >= 11 is 0. The van der Waals surface area contributed by atoms with Gasteiger partial charge in [-0.3, -0.25) is 29.1 Å². The molecule has 0 radical (unpaired) electrons. The van der Waals surface area contributed by atoms with Crippen molar-refractivity contribution in [3.8, 4) is 0 Å². The van der Waals surface area contributed by atoms with E-state index in [4.69, 9.17) is 0 Å². The Kier molecular flexibility index (Phi) is 4.81. The molecule has 35 heavy (non-hydrogen) atoms. The lowest BCUT2D eigenvalue weighted by Crippen LogP contribution is -2.54. The first kappa shape index (κ1) is 21.3. The van der Waals surface area contributed by atoms with Crippen molar-refractivity contribution in [2.45, 2.75) is 25.4 Å². The van der Waals surface area contributed by atoms with Gasteiger partial charge in [0.05, 0.1) is 17.4 Å². The first-order valence-corrected chi connectivity index (χ1v) is 11.4. The normalized spacial score (nSPS) is 20.5. The first-order chi connectivity index (χ1) is 17.0. The monoisotopic (exact) mass is 474 g/mol. The van der Waals surface area contributed by atoms with Gasteiger partial charge in [-0.1, -0.05) is 0 Å². The molecule has 1 aromatic heterocycles. The zero-order valence-electron chi connectivity index (χ0n) is 18.7. The van der Waals surface area contributed by atoms with Gasteiger partial charge in [-0.2, -0.15) is 0 Å². The van der Waals surface area contributed by atoms with Gasteiger partial charge >= 0.3 is 6.03 Å². The number of aromatic amines is 1. The van der Waals surface area contributed by atoms with Crippen molar-refractivity contribution in [1.29, 1.82) is 0 Å². The maximum atomic E-state index is 13.2. The number of H-pyrrole nitrogens is 1. The van der Waals surface area contributed by atoms with E-state index >= 15 is 0 Å². The number of imidazole rings is 1. The SMILES string of the molecule is O=C1CCC(N2Cc3cc(N4CCN(c5ccc6nc[nH]c6c5)C4=O)ccc3C2=O)C(=O)N1CO. The van der Waals surface area contributed by atoms with Crippen LogP contribution in [0.15, 0.2) is 42.7 Å². The van der Waals surface area contributed by atoms with E-state index in [9.17, 15) is 24.3 Å². The molecule has 178 valence electrons. The van der Waals surface area contributed by atoms with Crippen LogP contribution in [-0.4, -0.2) is 74.5 Å². The molecular formula is C24H22N6O5. The number of piperidine rings is 1. The zero-order chi connectivity index (χ0) is 24.3. The van der Waals surface area contributed by atoms with E-state index in [0.29, 0.717) is 24.3 Å². The van der Waals surface area contributed by atoms with Gasteiger partial charge < -0.3 is 15.0 Å². The highest BCUT2D eigenvalue weighted by molar-refractivity contribution is 6.08. The number of aliphatic hydroxyl groups excluding tert-OH is 1. The topological polar surface area (TPSA) is 130 Å². The Morgan fingerprint density at radius 3 is 2.51 bits per heavy atom. The zero-order valence-corrected chi connectivity index (χ0v) is 18.7. The number of carbonyl (C=O) groups is 4. The number of likely N-dealkylation sites (tertiary alicyclic amines) is 1. The molecule has 0 saturated carbocycles. The van der Waals surface area contributed by atoms with Crippen LogP contribution in [0.5, 0.6) is 0 Å². The van der Waals surface area contributed by atoms with Gasteiger partial charge in [-0.15, -0.1) is 0 Å². The fraction of sp³-hybridized carbons (Fsp3) is 0.292. The van der Waals surface area contributed by atoms with Crippen molar-refractivity contribution in [2.24, 2.45) is 0 Å². The van der Waals surface area contributed by atoms with Gasteiger partial charge in [0.1, 0.15) is 12.8 Å². The van der Waals surface area contributed by atoms with E-state index in [-0.39, 0.29) is 31.3 Å². The summed E-state index contributed by atoms with van der Waals surface area (Å²) in [6.07, 6.45) is 1.92. The molecule has 4 heterocycles. The highest BCUT2D eigenvalue weighted by atomic mass is 16.3. The summed E-state index contributed by atoms with van der Waals surface area (Å²) in [6, 6.07) is 9.90. The van der Waals surface area contributed by atoms with E-state index in [2.05, 4.69) is 9.97 Å². The molecule has 2 aromatic carbocycles. The summed E-state index contributed by atoms with van der Waals surface area (Å²) in [5.41, 5.74) is 4.32. The Labute approximate surface area is 199 Å². The van der Waals surface area contributed by atoms with Crippen molar-refractivity contribution in [1.82, 2.24) is 19.8 Å². The van der Waals surface area contributed by atoms with E-state index in [1.807, 2.05) is 24.3 Å². The largest absolute Gasteiger partial charge is 0.376 e. The van der Waals surface area contributed by atoms with Gasteiger partial charge in [0, 0.05) is 43.0 Å². The summed E-state index contributed by atoms with van der Waals surface area (Å²) in [7, 11) is 0. The molecule has 2 saturated heterocycles. The molecule has 11 heteroatoms. The fourth-order valence-corrected chi connectivity index (χ4v) is 5.12. The van der Waals surface area contributed by atoms with Crippen LogP contribution in [0, 0.1) is 0 Å². The molecule has 5 amide bonds. The predicted octanol–water partition coefficient (Wildman–Crippen LogP) is 1.43. The maximum absolute atomic E-state index is 13.2. The van der Waals surface area contributed by atoms with Crippen molar-refractivity contribution < 1.29 is 24.3 Å². The number of rotatable bonds is 4. The molecule has 2 fully saturated rings. The third kappa shape index (κ3) is 3.27. The number of hydrogen-bond donors (Lipinski definition) is 2. The van der Waals surface area contributed by atoms with Gasteiger partial charge in [-0.05, 0) is 48.4 Å². The molecule has 0 aliphatic carbocycles. The minimum atomic E-state index is -0.801. The average molecular weight is 474 g/mol. The second-order valence-corrected chi connectivity index (χ2v) is 8.82. The van der Waals surface area contributed by atoms with Crippen LogP contribution in [0.2, 0.25) is 0 Å². The van der Waals surface area contributed by atoms with Gasteiger partial charge in [-0.25, -0.2) is 9.78 Å². The summed E-state index contributed by atoms with van der Waals surface area (Å²) in [4.78, 5) is 63.7. The Balaban J connectivity index is 1.23. The van der Waals surface area contributed by atoms with Gasteiger partial charge in [0.15, 0.2) is 0 Å². The number of anilines is 2. The number of aliphatic hydroxyl groups is 1. The molecule has 1 unspecified atom stereocenters. The summed E-state index contributed by atoms with van der Waals surface area (Å²) in [5.74, 6) is -1.30. The van der Waals surface area contributed by atoms with E-state index in [1.165, 1.54) is 4.90 Å². The standard InChI is InChI=1S/C24H22N6O5/c31-13-30-21(32)6-5-20(23(30)34)29-11-14-9-15(1-3-17(14)22(29)33)27-7-8-28(24(27)35)16-2-4-18-19(10-16)26-12-25-18/h1-4,9-10,12,20,31H,5-8,11,13H2,(H,25,26). The van der Waals surface area contributed by atoms with Crippen molar-refractivity contribution >= 4 is 46.2 Å². The van der Waals surface area contributed by atoms with Crippen LogP contribution in [0.1, 0.15) is 28.8 Å². The van der Waals surface area contributed by atoms with Crippen molar-refractivity contribution in [3.05, 3.63) is 53.9 Å². The molecule has 6 rings (SSSR count). The van der Waals surface area contributed by atoms with Crippen LogP contribution < -0.4 is 9.80 Å². The van der Waals surface area contributed by atoms with Crippen LogP contribution in [0.4, 0.5) is 16.2 Å². The molecule has 0 bridgehead atoms. The molecular weight excluding hydrogens is 452 g/mol. The molecule has 3 aromatic rings. The minimum Gasteiger partial charge on any atom is -0.376 e. The molecule has 2 N–H and O–H groups in total. The third-order valence-corrected chi connectivity index (χ3v) is 6.96. The quantitative estimate of drug-likeness (QED) is 0.551. The molecule has 11 nitrogen and oxygen atoms in total. The summed E-state index contributed by atoms with van der Waals surface area (Å²) < 4.78 is 0. The highest BCUT2D eigenvalue weighted by Gasteiger charge is 2.43. The predicted molar refractivity (Wildman–Crippen MR) is 124 cm³/mol. The van der Waals surface area contributed by atoms with E-state index < -0.39 is 24.6 Å². The molecule has 3 aliphatic rings. The Morgan fingerprint density at radius 2 is 1.74 bits per heavy atom. The third-order valence-electron chi connectivity index (χ3n) is 6.96. The smallest absolute Gasteiger partial charge is 0.329 e. The van der Waals surface area contributed by atoms with Gasteiger partial charge in [0.25, 0.3) is 11.8 Å². The number of fused-ring (bicyclic) bond motifs is 2. The lowest BCUT2D eigenvalue weighted by Gasteiger charge is -2.34. The van der Waals surface area contributed by atoms with Crippen LogP contribution >= 0.6 is 0 Å². The molecule has 3 aliphatic heterocycles.